The van der Waals surface area contributed by atoms with Crippen LogP contribution < -0.4 is 5.32 Å². The standard InChI is InChI=1S/C20H22N6O2/c1-24-12-21-8-17(24)6-19(27)23-16-4-3-14-10-26(11-15(14)5-16)20(28)7-18-9-22-13-25(18)2/h3-5,8-9,12-13H,6-7,10-11H2,1-2H3,(H,23,27). The zero-order chi connectivity index (χ0) is 19.7. The van der Waals surface area contributed by atoms with E-state index in [-0.39, 0.29) is 18.2 Å². The van der Waals surface area contributed by atoms with Crippen molar-refractivity contribution < 1.29 is 9.59 Å². The summed E-state index contributed by atoms with van der Waals surface area (Å²) in [5.74, 6) is -0.0210. The largest absolute Gasteiger partial charge is 0.337 e. The number of anilines is 1. The Hall–Kier alpha value is -3.42. The Morgan fingerprint density at radius 2 is 1.61 bits per heavy atom. The predicted octanol–water partition coefficient (Wildman–Crippen LogP) is 1.42. The zero-order valence-electron chi connectivity index (χ0n) is 15.9. The van der Waals surface area contributed by atoms with Crippen LogP contribution in [0.15, 0.2) is 43.2 Å². The van der Waals surface area contributed by atoms with Gasteiger partial charge in [-0.15, -0.1) is 0 Å². The minimum atomic E-state index is -0.0920. The average molecular weight is 378 g/mol. The predicted molar refractivity (Wildman–Crippen MR) is 103 cm³/mol. The van der Waals surface area contributed by atoms with Crippen LogP contribution >= 0.6 is 0 Å². The van der Waals surface area contributed by atoms with E-state index in [0.717, 1.165) is 28.2 Å². The molecule has 2 amide bonds. The lowest BCUT2D eigenvalue weighted by atomic mass is 10.1. The SMILES string of the molecule is Cn1cncc1CC(=O)Nc1ccc2c(c1)CN(C(=O)Cc1cncn1C)C2. The fraction of sp³-hybridized carbons (Fsp3) is 0.300. The summed E-state index contributed by atoms with van der Waals surface area (Å²) < 4.78 is 3.69. The lowest BCUT2D eigenvalue weighted by molar-refractivity contribution is -0.131. The first-order valence-corrected chi connectivity index (χ1v) is 9.09. The summed E-state index contributed by atoms with van der Waals surface area (Å²) in [7, 11) is 3.75. The first-order chi connectivity index (χ1) is 13.5. The Morgan fingerprint density at radius 3 is 2.25 bits per heavy atom. The molecule has 144 valence electrons. The fourth-order valence-electron chi connectivity index (χ4n) is 3.39. The molecule has 0 saturated carbocycles. The van der Waals surface area contributed by atoms with Crippen LogP contribution in [0.25, 0.3) is 0 Å². The van der Waals surface area contributed by atoms with Gasteiger partial charge in [-0.1, -0.05) is 6.07 Å². The first kappa shape index (κ1) is 18.0. The summed E-state index contributed by atoms with van der Waals surface area (Å²) in [4.78, 5) is 34.8. The molecule has 28 heavy (non-hydrogen) atoms. The molecule has 3 aromatic rings. The van der Waals surface area contributed by atoms with Crippen molar-refractivity contribution in [2.45, 2.75) is 25.9 Å². The highest BCUT2D eigenvalue weighted by molar-refractivity contribution is 5.92. The van der Waals surface area contributed by atoms with E-state index in [9.17, 15) is 9.59 Å². The van der Waals surface area contributed by atoms with Crippen LogP contribution in [-0.2, 0) is 49.6 Å². The second-order valence-corrected chi connectivity index (χ2v) is 7.13. The molecule has 8 heteroatoms. The lowest BCUT2D eigenvalue weighted by Gasteiger charge is -2.15. The van der Waals surface area contributed by atoms with Crippen molar-refractivity contribution in [3.63, 3.8) is 0 Å². The molecule has 0 aliphatic carbocycles. The van der Waals surface area contributed by atoms with Crippen molar-refractivity contribution >= 4 is 17.5 Å². The van der Waals surface area contributed by atoms with Crippen LogP contribution in [0.5, 0.6) is 0 Å². The molecule has 0 atom stereocenters. The number of aromatic nitrogens is 4. The van der Waals surface area contributed by atoms with Gasteiger partial charge < -0.3 is 19.4 Å². The molecule has 1 aliphatic rings. The number of hydrogen-bond donors (Lipinski definition) is 1. The third kappa shape index (κ3) is 3.66. The van der Waals surface area contributed by atoms with Gasteiger partial charge in [-0.3, -0.25) is 9.59 Å². The molecule has 0 radical (unpaired) electrons. The van der Waals surface area contributed by atoms with Gasteiger partial charge in [0.05, 0.1) is 25.5 Å². The number of carbonyl (C=O) groups excluding carboxylic acids is 2. The first-order valence-electron chi connectivity index (χ1n) is 9.09. The molecule has 1 aliphatic heterocycles. The number of nitrogens with one attached hydrogen (secondary N) is 1. The molecule has 1 aromatic carbocycles. The quantitative estimate of drug-likeness (QED) is 0.728. The molecule has 0 bridgehead atoms. The van der Waals surface area contributed by atoms with E-state index in [1.807, 2.05) is 46.3 Å². The van der Waals surface area contributed by atoms with Gasteiger partial charge in [-0.2, -0.15) is 0 Å². The Balaban J connectivity index is 1.39. The lowest BCUT2D eigenvalue weighted by Crippen LogP contribution is -2.27. The number of fused-ring (bicyclic) bond motifs is 1. The van der Waals surface area contributed by atoms with Gasteiger partial charge in [0, 0.05) is 56.7 Å². The molecule has 2 aromatic heterocycles. The Labute approximate surface area is 162 Å². The number of carbonyl (C=O) groups is 2. The van der Waals surface area contributed by atoms with Gasteiger partial charge in [0.15, 0.2) is 0 Å². The number of nitrogens with zero attached hydrogens (tertiary/aromatic N) is 5. The summed E-state index contributed by atoms with van der Waals surface area (Å²) in [6, 6.07) is 5.81. The van der Waals surface area contributed by atoms with Crippen LogP contribution in [0.4, 0.5) is 5.69 Å². The maximum atomic E-state index is 12.6. The maximum absolute atomic E-state index is 12.6. The number of benzene rings is 1. The summed E-state index contributed by atoms with van der Waals surface area (Å²) in [5, 5.41) is 2.93. The van der Waals surface area contributed by atoms with Gasteiger partial charge in [-0.25, -0.2) is 9.97 Å². The Bertz CT molecular complexity index is 1040. The van der Waals surface area contributed by atoms with Crippen LogP contribution in [0, 0.1) is 0 Å². The molecule has 3 heterocycles. The average Bonchev–Trinajstić information content (AvgIpc) is 3.36. The van der Waals surface area contributed by atoms with Gasteiger partial charge in [0.2, 0.25) is 11.8 Å². The van der Waals surface area contributed by atoms with Crippen molar-refractivity contribution in [2.75, 3.05) is 5.32 Å². The molecule has 8 nitrogen and oxygen atoms in total. The molecule has 4 rings (SSSR count). The maximum Gasteiger partial charge on any atom is 0.230 e. The van der Waals surface area contributed by atoms with E-state index in [0.29, 0.717) is 19.5 Å². The molecule has 0 unspecified atom stereocenters. The van der Waals surface area contributed by atoms with Gasteiger partial charge >= 0.3 is 0 Å². The zero-order valence-corrected chi connectivity index (χ0v) is 15.9. The Morgan fingerprint density at radius 1 is 0.964 bits per heavy atom. The van der Waals surface area contributed by atoms with Crippen molar-refractivity contribution in [3.8, 4) is 0 Å². The van der Waals surface area contributed by atoms with Crippen molar-refractivity contribution in [2.24, 2.45) is 14.1 Å². The van der Waals surface area contributed by atoms with Gasteiger partial charge in [-0.05, 0) is 23.3 Å². The third-order valence-electron chi connectivity index (χ3n) is 5.07. The summed E-state index contributed by atoms with van der Waals surface area (Å²) in [6.07, 6.45) is 7.38. The van der Waals surface area contributed by atoms with E-state index in [1.165, 1.54) is 0 Å². The van der Waals surface area contributed by atoms with E-state index in [2.05, 4.69) is 15.3 Å². The minimum absolute atomic E-state index is 0.0709. The Kier molecular flexibility index (Phi) is 4.68. The molecule has 0 spiro atoms. The number of hydrogen-bond acceptors (Lipinski definition) is 4. The van der Waals surface area contributed by atoms with Crippen molar-refractivity contribution in [3.05, 3.63) is 65.8 Å². The number of rotatable bonds is 5. The molecule has 0 saturated heterocycles. The second kappa shape index (κ2) is 7.30. The fourth-order valence-corrected chi connectivity index (χ4v) is 3.39. The smallest absolute Gasteiger partial charge is 0.230 e. The van der Waals surface area contributed by atoms with Crippen molar-refractivity contribution in [1.29, 1.82) is 0 Å². The van der Waals surface area contributed by atoms with E-state index < -0.39 is 0 Å². The van der Waals surface area contributed by atoms with Crippen LogP contribution in [0.1, 0.15) is 22.5 Å². The van der Waals surface area contributed by atoms with Crippen LogP contribution in [0.3, 0.4) is 0 Å². The number of amides is 2. The summed E-state index contributed by atoms with van der Waals surface area (Å²) in [5.41, 5.74) is 4.67. The second-order valence-electron chi connectivity index (χ2n) is 7.13. The van der Waals surface area contributed by atoms with E-state index >= 15 is 0 Å². The summed E-state index contributed by atoms with van der Waals surface area (Å²) >= 11 is 0. The van der Waals surface area contributed by atoms with Crippen LogP contribution in [-0.4, -0.2) is 35.8 Å². The highest BCUT2D eigenvalue weighted by atomic mass is 16.2. The molecule has 1 N–H and O–H groups in total. The van der Waals surface area contributed by atoms with Crippen molar-refractivity contribution in [1.82, 2.24) is 24.0 Å². The van der Waals surface area contributed by atoms with Gasteiger partial charge in [0.1, 0.15) is 0 Å². The minimum Gasteiger partial charge on any atom is -0.337 e. The molecular formula is C20H22N6O2. The number of aryl methyl sites for hydroxylation is 2. The highest BCUT2D eigenvalue weighted by Gasteiger charge is 2.24. The monoisotopic (exact) mass is 378 g/mol. The summed E-state index contributed by atoms with van der Waals surface area (Å²) in [6.45, 7) is 1.15. The molecule has 0 fully saturated rings. The third-order valence-corrected chi connectivity index (χ3v) is 5.07. The number of imidazole rings is 2. The van der Waals surface area contributed by atoms with E-state index in [4.69, 9.17) is 0 Å². The van der Waals surface area contributed by atoms with Gasteiger partial charge in [0.25, 0.3) is 0 Å². The van der Waals surface area contributed by atoms with E-state index in [1.54, 1.807) is 25.0 Å². The topological polar surface area (TPSA) is 85.1 Å². The van der Waals surface area contributed by atoms with Crippen LogP contribution in [0.2, 0.25) is 0 Å². The normalized spacial score (nSPS) is 12.9. The molecular weight excluding hydrogens is 356 g/mol. The highest BCUT2D eigenvalue weighted by Crippen LogP contribution is 2.26.